The summed E-state index contributed by atoms with van der Waals surface area (Å²) >= 11 is 10.2. The van der Waals surface area contributed by atoms with Gasteiger partial charge in [-0.25, -0.2) is 4.79 Å². The molecule has 0 aliphatic carbocycles. The monoisotopic (exact) mass is 417 g/mol. The van der Waals surface area contributed by atoms with Crippen LogP contribution in [-0.4, -0.2) is 31.4 Å². The summed E-state index contributed by atoms with van der Waals surface area (Å²) in [5, 5.41) is 0.713. The summed E-state index contributed by atoms with van der Waals surface area (Å²) in [5.74, 6) is 2.28. The molecule has 1 aromatic rings. The Morgan fingerprint density at radius 3 is 2.36 bits per heavy atom. The smallest absolute Gasteiger partial charge is 0.406 e. The van der Waals surface area contributed by atoms with Crippen LogP contribution in [-0.2, 0) is 4.74 Å². The molecule has 0 spiro atoms. The molecule has 140 valence electrons. The fraction of sp³-hybridized carbons (Fsp3) is 0.611. The molecule has 0 aromatic heterocycles. The van der Waals surface area contributed by atoms with Crippen molar-refractivity contribution in [2.45, 2.75) is 57.0 Å². The lowest BCUT2D eigenvalue weighted by Gasteiger charge is -2.38. The molecule has 7 heteroatoms. The van der Waals surface area contributed by atoms with Crippen LogP contribution in [0.2, 0.25) is 24.7 Å². The zero-order valence-corrected chi connectivity index (χ0v) is 19.3. The van der Waals surface area contributed by atoms with E-state index in [4.69, 9.17) is 16.3 Å². The van der Waals surface area contributed by atoms with Crippen molar-refractivity contribution in [3.8, 4) is 0 Å². The largest absolute Gasteiger partial charge is 0.444 e. The van der Waals surface area contributed by atoms with Crippen molar-refractivity contribution in [3.05, 3.63) is 28.8 Å². The zero-order valence-electron chi connectivity index (χ0n) is 15.9. The molecule has 1 amide bonds. The van der Waals surface area contributed by atoms with Crippen LogP contribution in [0.15, 0.2) is 18.2 Å². The Morgan fingerprint density at radius 2 is 1.84 bits per heavy atom. The van der Waals surface area contributed by atoms with E-state index in [1.54, 1.807) is 0 Å². The molecule has 0 bridgehead atoms. The Hall–Kier alpha value is -0.303. The fourth-order valence-corrected chi connectivity index (χ4v) is 7.26. The van der Waals surface area contributed by atoms with Crippen molar-refractivity contribution in [1.82, 2.24) is 0 Å². The zero-order chi connectivity index (χ0) is 18.8. The summed E-state index contributed by atoms with van der Waals surface area (Å²) in [5.41, 5.74) is 1.57. The summed E-state index contributed by atoms with van der Waals surface area (Å²) in [6, 6.07) is 5.87. The van der Waals surface area contributed by atoms with Crippen molar-refractivity contribution in [3.63, 3.8) is 0 Å². The Labute approximate surface area is 166 Å². The third-order valence-electron chi connectivity index (χ3n) is 3.56. The highest BCUT2D eigenvalue weighted by molar-refractivity contribution is 8.16. The van der Waals surface area contributed by atoms with E-state index in [2.05, 4.69) is 19.6 Å². The van der Waals surface area contributed by atoms with Crippen molar-refractivity contribution in [2.24, 2.45) is 0 Å². The maximum Gasteiger partial charge on any atom is 0.406 e. The number of anilines is 1. The number of benzene rings is 1. The summed E-state index contributed by atoms with van der Waals surface area (Å²) in [6.07, 6.45) is 0.965. The molecular weight excluding hydrogens is 390 g/mol. The molecule has 0 saturated carbocycles. The first-order valence-corrected chi connectivity index (χ1v) is 14.5. The van der Waals surface area contributed by atoms with Crippen molar-refractivity contribution < 1.29 is 9.53 Å². The first kappa shape index (κ1) is 21.0. The number of amides is 1. The molecule has 1 heterocycles. The Balaban J connectivity index is 2.48. The Morgan fingerprint density at radius 1 is 1.24 bits per heavy atom. The first-order valence-electron chi connectivity index (χ1n) is 8.55. The molecule has 0 radical (unpaired) electrons. The van der Waals surface area contributed by atoms with E-state index in [1.165, 1.54) is 6.42 Å². The highest BCUT2D eigenvalue weighted by atomic mass is 35.5. The normalized spacial score (nSPS) is 16.6. The summed E-state index contributed by atoms with van der Waals surface area (Å²) < 4.78 is 7.94. The van der Waals surface area contributed by atoms with Crippen LogP contribution >= 0.6 is 35.1 Å². The van der Waals surface area contributed by atoms with Gasteiger partial charge in [0.1, 0.15) is 5.60 Å². The second-order valence-electron chi connectivity index (χ2n) is 8.12. The van der Waals surface area contributed by atoms with Crippen LogP contribution in [0.1, 0.15) is 37.3 Å². The van der Waals surface area contributed by atoms with Gasteiger partial charge in [-0.2, -0.15) is 0 Å². The van der Waals surface area contributed by atoms with Gasteiger partial charge in [-0.3, -0.25) is 0 Å². The lowest BCUT2D eigenvalue weighted by Crippen LogP contribution is -2.52. The van der Waals surface area contributed by atoms with Gasteiger partial charge < -0.3 is 9.30 Å². The quantitative estimate of drug-likeness (QED) is 0.506. The van der Waals surface area contributed by atoms with Crippen molar-refractivity contribution in [2.75, 3.05) is 16.1 Å². The van der Waals surface area contributed by atoms with E-state index < -0.39 is 13.8 Å². The highest BCUT2D eigenvalue weighted by Crippen LogP contribution is 2.48. The lowest BCUT2D eigenvalue weighted by molar-refractivity contribution is 0.0605. The number of carbonyl (C=O) groups excluding carboxylic acids is 1. The second-order valence-corrected chi connectivity index (χ2v) is 16.1. The number of rotatable bonds is 3. The molecule has 1 aromatic carbocycles. The summed E-state index contributed by atoms with van der Waals surface area (Å²) in [4.78, 5) is 13.0. The van der Waals surface area contributed by atoms with Gasteiger partial charge in [0.25, 0.3) is 0 Å². The number of halogens is 1. The number of ether oxygens (including phenoxy) is 1. The molecule has 1 aliphatic rings. The molecule has 3 nitrogen and oxygen atoms in total. The van der Waals surface area contributed by atoms with E-state index in [1.807, 2.05) is 67.1 Å². The molecule has 25 heavy (non-hydrogen) atoms. The topological polar surface area (TPSA) is 29.5 Å². The minimum absolute atomic E-state index is 0.263. The van der Waals surface area contributed by atoms with Crippen molar-refractivity contribution >= 4 is 55.1 Å². The van der Waals surface area contributed by atoms with Gasteiger partial charge in [0.15, 0.2) is 8.24 Å². The Kier molecular flexibility index (Phi) is 6.85. The maximum atomic E-state index is 13.0. The van der Waals surface area contributed by atoms with E-state index in [0.29, 0.717) is 9.60 Å². The second kappa shape index (κ2) is 8.15. The van der Waals surface area contributed by atoms with Crippen LogP contribution in [0.25, 0.3) is 0 Å². The number of carbonyl (C=O) groups is 1. The average Bonchev–Trinajstić information content (AvgIpc) is 2.46. The Bertz CT molecular complexity index is 622. The predicted octanol–water partition coefficient (Wildman–Crippen LogP) is 6.79. The maximum absolute atomic E-state index is 13.0. The van der Waals surface area contributed by atoms with E-state index in [-0.39, 0.29) is 6.09 Å². The van der Waals surface area contributed by atoms with Crippen molar-refractivity contribution in [1.29, 1.82) is 0 Å². The third kappa shape index (κ3) is 5.84. The molecule has 1 fully saturated rings. The molecule has 0 atom stereocenters. The minimum atomic E-state index is -2.01. The molecule has 0 unspecified atom stereocenters. The van der Waals surface area contributed by atoms with Gasteiger partial charge >= 0.3 is 6.09 Å². The van der Waals surface area contributed by atoms with Crippen LogP contribution < -0.4 is 4.57 Å². The molecule has 2 rings (SSSR count). The summed E-state index contributed by atoms with van der Waals surface area (Å²) in [7, 11) is -2.01. The molecule has 1 aliphatic heterocycles. The predicted molar refractivity (Wildman–Crippen MR) is 116 cm³/mol. The lowest BCUT2D eigenvalue weighted by atomic mass is 10.2. The number of hydrogen-bond acceptors (Lipinski definition) is 4. The average molecular weight is 418 g/mol. The number of nitrogens with zero attached hydrogens (tertiary/aromatic N) is 1. The van der Waals surface area contributed by atoms with Gasteiger partial charge in [0.05, 0.1) is 4.58 Å². The van der Waals surface area contributed by atoms with Gasteiger partial charge in [-0.1, -0.05) is 31.2 Å². The standard InChI is InChI=1S/C18H28ClNO2S2Si/c1-18(2,3)22-17(21)20(25(4,5)6)15-9-8-13(19)12-14(15)16-23-10-7-11-24-16/h8-9,12,16H,7,10-11H2,1-6H3. The number of thioether (sulfide) groups is 2. The van der Waals surface area contributed by atoms with E-state index in [0.717, 1.165) is 22.8 Å². The van der Waals surface area contributed by atoms with E-state index in [9.17, 15) is 4.79 Å². The van der Waals surface area contributed by atoms with Crippen LogP contribution in [0.4, 0.5) is 10.5 Å². The fourth-order valence-electron chi connectivity index (χ4n) is 2.63. The van der Waals surface area contributed by atoms with Gasteiger partial charge in [-0.15, -0.1) is 23.5 Å². The highest BCUT2D eigenvalue weighted by Gasteiger charge is 2.36. The minimum Gasteiger partial charge on any atom is -0.444 e. The number of hydrogen-bond donors (Lipinski definition) is 0. The summed E-state index contributed by atoms with van der Waals surface area (Å²) in [6.45, 7) is 12.2. The first-order chi connectivity index (χ1) is 11.5. The van der Waals surface area contributed by atoms with E-state index >= 15 is 0 Å². The third-order valence-corrected chi connectivity index (χ3v) is 8.54. The molecular formula is C18H28ClNO2S2Si. The van der Waals surface area contributed by atoms with Crippen LogP contribution in [0.5, 0.6) is 0 Å². The molecule has 1 saturated heterocycles. The van der Waals surface area contributed by atoms with Gasteiger partial charge in [0.2, 0.25) is 0 Å². The van der Waals surface area contributed by atoms with Crippen LogP contribution in [0.3, 0.4) is 0 Å². The van der Waals surface area contributed by atoms with Gasteiger partial charge in [0, 0.05) is 10.7 Å². The molecule has 0 N–H and O–H groups in total. The van der Waals surface area contributed by atoms with Crippen LogP contribution in [0, 0.1) is 0 Å². The SMILES string of the molecule is CC(C)(C)OC(=O)N(c1ccc(Cl)cc1C1SCCCS1)[Si](C)(C)C. The van der Waals surface area contributed by atoms with Gasteiger partial charge in [-0.05, 0) is 62.5 Å².